The molecule has 120 valence electrons. The number of carbonyl (C=O) groups is 1. The predicted octanol–water partition coefficient (Wildman–Crippen LogP) is 3.60. The Morgan fingerprint density at radius 3 is 2.83 bits per heavy atom. The molecule has 6 heteroatoms. The van der Waals surface area contributed by atoms with Gasteiger partial charge in [0, 0.05) is 18.1 Å². The first kappa shape index (κ1) is 16.0. The van der Waals surface area contributed by atoms with Crippen LogP contribution in [0.3, 0.4) is 0 Å². The summed E-state index contributed by atoms with van der Waals surface area (Å²) in [7, 11) is 0. The van der Waals surface area contributed by atoms with Crippen LogP contribution in [0.15, 0.2) is 66.0 Å². The zero-order valence-electron chi connectivity index (χ0n) is 13.0. The summed E-state index contributed by atoms with van der Waals surface area (Å²) in [5, 5.41) is 4.16. The molecule has 2 aromatic heterocycles. The van der Waals surface area contributed by atoms with Crippen molar-refractivity contribution >= 4 is 23.7 Å². The van der Waals surface area contributed by atoms with E-state index in [1.165, 1.54) is 6.20 Å². The van der Waals surface area contributed by atoms with Crippen molar-refractivity contribution in [2.24, 2.45) is 5.10 Å². The summed E-state index contributed by atoms with van der Waals surface area (Å²) in [6.45, 7) is 2.04. The van der Waals surface area contributed by atoms with Crippen LogP contribution in [0.1, 0.15) is 21.6 Å². The zero-order chi connectivity index (χ0) is 16.9. The molecule has 1 N–H and O–H groups in total. The van der Waals surface area contributed by atoms with Gasteiger partial charge in [-0.15, -0.1) is 0 Å². The number of hydrogen-bond donors (Lipinski definition) is 1. The van der Waals surface area contributed by atoms with Gasteiger partial charge in [-0.25, -0.2) is 10.4 Å². The molecule has 5 nitrogen and oxygen atoms in total. The van der Waals surface area contributed by atoms with Crippen molar-refractivity contribution < 1.29 is 4.79 Å². The van der Waals surface area contributed by atoms with Crippen molar-refractivity contribution in [1.29, 1.82) is 0 Å². The lowest BCUT2D eigenvalue weighted by Crippen LogP contribution is -2.18. The van der Waals surface area contributed by atoms with Crippen LogP contribution in [0.25, 0.3) is 5.69 Å². The monoisotopic (exact) mass is 338 g/mol. The van der Waals surface area contributed by atoms with Gasteiger partial charge < -0.3 is 4.57 Å². The van der Waals surface area contributed by atoms with Gasteiger partial charge in [0.2, 0.25) is 0 Å². The number of aromatic nitrogens is 2. The third-order valence-corrected chi connectivity index (χ3v) is 3.82. The molecule has 0 aliphatic heterocycles. The number of amides is 1. The Labute approximate surface area is 144 Å². The number of hydrazone groups is 1. The van der Waals surface area contributed by atoms with Crippen molar-refractivity contribution in [3.8, 4) is 5.69 Å². The van der Waals surface area contributed by atoms with Crippen LogP contribution in [0.2, 0.25) is 5.15 Å². The smallest absolute Gasteiger partial charge is 0.274 e. The molecular formula is C18H15ClN4O. The molecule has 0 fully saturated rings. The third kappa shape index (κ3) is 3.36. The minimum absolute atomic E-state index is 0.147. The SMILES string of the molecule is Cc1ccccc1-n1cccc1C=NNC(=O)c1cccnc1Cl. The maximum absolute atomic E-state index is 12.0. The van der Waals surface area contributed by atoms with E-state index in [1.807, 2.05) is 54.1 Å². The highest BCUT2D eigenvalue weighted by Crippen LogP contribution is 2.16. The Hall–Kier alpha value is -2.92. The molecule has 2 heterocycles. The summed E-state index contributed by atoms with van der Waals surface area (Å²) < 4.78 is 2.00. The highest BCUT2D eigenvalue weighted by atomic mass is 35.5. The Balaban J connectivity index is 1.77. The van der Waals surface area contributed by atoms with Crippen LogP contribution in [0, 0.1) is 6.92 Å². The largest absolute Gasteiger partial charge is 0.315 e. The van der Waals surface area contributed by atoms with Crippen LogP contribution in [-0.2, 0) is 0 Å². The summed E-state index contributed by atoms with van der Waals surface area (Å²) in [4.78, 5) is 15.9. The summed E-state index contributed by atoms with van der Waals surface area (Å²) in [6, 6.07) is 15.1. The lowest BCUT2D eigenvalue weighted by molar-refractivity contribution is 0.0955. The topological polar surface area (TPSA) is 59.3 Å². The molecular weight excluding hydrogens is 324 g/mol. The first-order valence-corrected chi connectivity index (χ1v) is 7.72. The van der Waals surface area contributed by atoms with E-state index in [9.17, 15) is 4.79 Å². The average Bonchev–Trinajstić information content (AvgIpc) is 3.04. The molecule has 0 spiro atoms. The maximum atomic E-state index is 12.0. The van der Waals surface area contributed by atoms with E-state index in [1.54, 1.807) is 18.3 Å². The van der Waals surface area contributed by atoms with Crippen LogP contribution in [0.5, 0.6) is 0 Å². The summed E-state index contributed by atoms with van der Waals surface area (Å²) in [5.74, 6) is -0.404. The number of para-hydroxylation sites is 1. The second-order valence-electron chi connectivity index (χ2n) is 5.13. The Morgan fingerprint density at radius 1 is 1.21 bits per heavy atom. The number of nitrogens with zero attached hydrogens (tertiary/aromatic N) is 3. The number of benzene rings is 1. The fourth-order valence-corrected chi connectivity index (χ4v) is 2.53. The summed E-state index contributed by atoms with van der Waals surface area (Å²) in [6.07, 6.45) is 5.07. The van der Waals surface area contributed by atoms with Crippen molar-refractivity contribution in [2.75, 3.05) is 0 Å². The maximum Gasteiger partial charge on any atom is 0.274 e. The molecule has 3 rings (SSSR count). The van der Waals surface area contributed by atoms with E-state index in [2.05, 4.69) is 15.5 Å². The van der Waals surface area contributed by atoms with Crippen molar-refractivity contribution in [3.05, 3.63) is 82.9 Å². The highest BCUT2D eigenvalue weighted by Gasteiger charge is 2.09. The highest BCUT2D eigenvalue weighted by molar-refractivity contribution is 6.32. The second-order valence-corrected chi connectivity index (χ2v) is 5.49. The number of carbonyl (C=O) groups excluding carboxylic acids is 1. The number of aryl methyl sites for hydroxylation is 1. The van der Waals surface area contributed by atoms with E-state index in [0.717, 1.165) is 16.9 Å². The first-order chi connectivity index (χ1) is 11.7. The summed E-state index contributed by atoms with van der Waals surface area (Å²) >= 11 is 5.89. The molecule has 0 saturated carbocycles. The van der Waals surface area contributed by atoms with Crippen LogP contribution in [0.4, 0.5) is 0 Å². The Kier molecular flexibility index (Phi) is 4.72. The van der Waals surface area contributed by atoms with E-state index >= 15 is 0 Å². The summed E-state index contributed by atoms with van der Waals surface area (Å²) in [5.41, 5.74) is 5.80. The molecule has 0 aliphatic carbocycles. The van der Waals surface area contributed by atoms with Gasteiger partial charge in [0.15, 0.2) is 0 Å². The molecule has 3 aromatic rings. The molecule has 1 amide bonds. The number of pyridine rings is 1. The molecule has 0 aliphatic rings. The molecule has 0 atom stereocenters. The lowest BCUT2D eigenvalue weighted by Gasteiger charge is -2.09. The van der Waals surface area contributed by atoms with Gasteiger partial charge in [-0.05, 0) is 42.8 Å². The molecule has 1 aromatic carbocycles. The van der Waals surface area contributed by atoms with Crippen LogP contribution in [-0.4, -0.2) is 21.7 Å². The van der Waals surface area contributed by atoms with Crippen molar-refractivity contribution in [1.82, 2.24) is 15.0 Å². The van der Waals surface area contributed by atoms with Crippen molar-refractivity contribution in [2.45, 2.75) is 6.92 Å². The van der Waals surface area contributed by atoms with Gasteiger partial charge >= 0.3 is 0 Å². The minimum Gasteiger partial charge on any atom is -0.315 e. The van der Waals surface area contributed by atoms with Crippen molar-refractivity contribution in [3.63, 3.8) is 0 Å². The van der Waals surface area contributed by atoms with Gasteiger partial charge in [0.05, 0.1) is 17.5 Å². The fourth-order valence-electron chi connectivity index (χ4n) is 2.33. The third-order valence-electron chi connectivity index (χ3n) is 3.52. The number of rotatable bonds is 4. The van der Waals surface area contributed by atoms with Gasteiger partial charge in [-0.1, -0.05) is 29.8 Å². The number of halogens is 1. The molecule has 0 saturated heterocycles. The van der Waals surface area contributed by atoms with E-state index in [-0.39, 0.29) is 10.7 Å². The molecule has 0 bridgehead atoms. The zero-order valence-corrected chi connectivity index (χ0v) is 13.7. The van der Waals surface area contributed by atoms with Crippen LogP contribution >= 0.6 is 11.6 Å². The van der Waals surface area contributed by atoms with Gasteiger partial charge in [0.25, 0.3) is 5.91 Å². The van der Waals surface area contributed by atoms with E-state index in [4.69, 9.17) is 11.6 Å². The standard InChI is InChI=1S/C18H15ClN4O/c1-13-6-2-3-9-16(13)23-11-5-7-14(23)12-21-22-18(24)15-8-4-10-20-17(15)19/h2-12H,1H3,(H,22,24). The fraction of sp³-hybridized carbons (Fsp3) is 0.0556. The minimum atomic E-state index is -0.404. The van der Waals surface area contributed by atoms with E-state index < -0.39 is 5.91 Å². The average molecular weight is 339 g/mol. The Morgan fingerprint density at radius 2 is 2.04 bits per heavy atom. The predicted molar refractivity (Wildman–Crippen MR) is 94.8 cm³/mol. The van der Waals surface area contributed by atoms with Gasteiger partial charge in [-0.2, -0.15) is 5.10 Å². The second kappa shape index (κ2) is 7.10. The Bertz CT molecular complexity index is 901. The van der Waals surface area contributed by atoms with Gasteiger partial charge in [-0.3, -0.25) is 4.79 Å². The number of hydrogen-bond acceptors (Lipinski definition) is 3. The number of nitrogens with one attached hydrogen (secondary N) is 1. The normalized spacial score (nSPS) is 10.9. The lowest BCUT2D eigenvalue weighted by atomic mass is 10.2. The quantitative estimate of drug-likeness (QED) is 0.449. The molecule has 0 unspecified atom stereocenters. The molecule has 0 radical (unpaired) electrons. The van der Waals surface area contributed by atoms with E-state index in [0.29, 0.717) is 0 Å². The molecule has 24 heavy (non-hydrogen) atoms. The first-order valence-electron chi connectivity index (χ1n) is 7.34. The van der Waals surface area contributed by atoms with Gasteiger partial charge in [0.1, 0.15) is 5.15 Å². The van der Waals surface area contributed by atoms with Crippen LogP contribution < -0.4 is 5.43 Å².